The van der Waals surface area contributed by atoms with Crippen LogP contribution in [0, 0.1) is 5.92 Å². The molecule has 0 spiro atoms. The number of ketones is 1. The van der Waals surface area contributed by atoms with Crippen LogP contribution in [-0.4, -0.2) is 15.6 Å². The number of nitrogens with zero attached hydrogens (tertiary/aromatic N) is 2. The van der Waals surface area contributed by atoms with E-state index in [0.717, 1.165) is 12.1 Å². The predicted octanol–water partition coefficient (Wildman–Crippen LogP) is 4.08. The van der Waals surface area contributed by atoms with E-state index in [0.29, 0.717) is 24.2 Å². The molecule has 110 valence electrons. The number of carbonyl (C=O) groups excluding carboxylic acids is 1. The zero-order valence-corrected chi connectivity index (χ0v) is 12.4. The minimum absolute atomic E-state index is 0.380. The molecular weight excluding hydrogens is 248 g/mol. The van der Waals surface area contributed by atoms with Crippen LogP contribution in [0.3, 0.4) is 0 Å². The first kappa shape index (κ1) is 13.8. The molecule has 0 amide bonds. The SMILES string of the molecule is O=C(Cc1ccn(C2CCCCC2)n1)CC1CCCC1. The third-order valence-electron chi connectivity index (χ3n) is 4.98. The van der Waals surface area contributed by atoms with Gasteiger partial charge in [0.2, 0.25) is 0 Å². The van der Waals surface area contributed by atoms with E-state index in [4.69, 9.17) is 0 Å². The van der Waals surface area contributed by atoms with Gasteiger partial charge in [0.1, 0.15) is 5.78 Å². The summed E-state index contributed by atoms with van der Waals surface area (Å²) in [6, 6.07) is 2.61. The van der Waals surface area contributed by atoms with Gasteiger partial charge in [-0.25, -0.2) is 0 Å². The van der Waals surface area contributed by atoms with Gasteiger partial charge in [0.05, 0.1) is 18.2 Å². The highest BCUT2D eigenvalue weighted by Gasteiger charge is 2.20. The van der Waals surface area contributed by atoms with E-state index in [1.54, 1.807) is 0 Å². The highest BCUT2D eigenvalue weighted by Crippen LogP contribution is 2.29. The van der Waals surface area contributed by atoms with Crippen LogP contribution in [-0.2, 0) is 11.2 Å². The number of aromatic nitrogens is 2. The van der Waals surface area contributed by atoms with Crippen LogP contribution >= 0.6 is 0 Å². The molecule has 2 aliphatic rings. The van der Waals surface area contributed by atoms with E-state index in [1.807, 2.05) is 6.07 Å². The van der Waals surface area contributed by atoms with Gasteiger partial charge in [-0.2, -0.15) is 5.10 Å². The first-order valence-electron chi connectivity index (χ1n) is 8.37. The molecule has 0 atom stereocenters. The fraction of sp³-hybridized carbons (Fsp3) is 0.765. The Kier molecular flexibility index (Phi) is 4.54. The molecule has 0 radical (unpaired) electrons. The number of carbonyl (C=O) groups is 1. The lowest BCUT2D eigenvalue weighted by molar-refractivity contribution is -0.119. The quantitative estimate of drug-likeness (QED) is 0.811. The molecule has 3 nitrogen and oxygen atoms in total. The van der Waals surface area contributed by atoms with Gasteiger partial charge in [-0.3, -0.25) is 9.48 Å². The summed E-state index contributed by atoms with van der Waals surface area (Å²) >= 11 is 0. The van der Waals surface area contributed by atoms with E-state index >= 15 is 0 Å². The molecule has 0 aliphatic heterocycles. The second kappa shape index (κ2) is 6.55. The van der Waals surface area contributed by atoms with Gasteiger partial charge >= 0.3 is 0 Å². The average Bonchev–Trinajstić information content (AvgIpc) is 3.11. The molecule has 0 saturated heterocycles. The maximum Gasteiger partial charge on any atom is 0.139 e. The summed E-state index contributed by atoms with van der Waals surface area (Å²) in [5.74, 6) is 1.04. The molecule has 1 aromatic heterocycles. The minimum atomic E-state index is 0.380. The summed E-state index contributed by atoms with van der Waals surface area (Å²) < 4.78 is 2.11. The van der Waals surface area contributed by atoms with Crippen molar-refractivity contribution in [2.24, 2.45) is 5.92 Å². The maximum absolute atomic E-state index is 12.1. The second-order valence-electron chi connectivity index (χ2n) is 6.65. The number of hydrogen-bond acceptors (Lipinski definition) is 2. The lowest BCUT2D eigenvalue weighted by Gasteiger charge is -2.21. The molecule has 0 aromatic carbocycles. The van der Waals surface area contributed by atoms with Gasteiger partial charge < -0.3 is 0 Å². The largest absolute Gasteiger partial charge is 0.299 e. The van der Waals surface area contributed by atoms with E-state index in [9.17, 15) is 4.79 Å². The molecule has 1 heterocycles. The zero-order valence-electron chi connectivity index (χ0n) is 12.4. The number of hydrogen-bond donors (Lipinski definition) is 0. The topological polar surface area (TPSA) is 34.9 Å². The van der Waals surface area contributed by atoms with E-state index < -0.39 is 0 Å². The number of rotatable bonds is 5. The van der Waals surface area contributed by atoms with Gasteiger partial charge in [-0.05, 0) is 24.8 Å². The van der Waals surface area contributed by atoms with Gasteiger partial charge in [0.15, 0.2) is 0 Å². The monoisotopic (exact) mass is 274 g/mol. The average molecular weight is 274 g/mol. The summed E-state index contributed by atoms with van der Waals surface area (Å²) in [6.45, 7) is 0. The lowest BCUT2D eigenvalue weighted by atomic mass is 9.96. The lowest BCUT2D eigenvalue weighted by Crippen LogP contribution is -2.14. The molecule has 2 aliphatic carbocycles. The molecule has 2 saturated carbocycles. The summed E-state index contributed by atoms with van der Waals surface area (Å²) in [4.78, 5) is 12.1. The fourth-order valence-electron chi connectivity index (χ4n) is 3.83. The number of Topliss-reactive ketones (excluding diaryl/α,β-unsaturated/α-hetero) is 1. The second-order valence-corrected chi connectivity index (χ2v) is 6.65. The van der Waals surface area contributed by atoms with Gasteiger partial charge in [0, 0.05) is 12.6 Å². The van der Waals surface area contributed by atoms with Crippen LogP contribution in [0.15, 0.2) is 12.3 Å². The van der Waals surface area contributed by atoms with E-state index in [-0.39, 0.29) is 0 Å². The molecule has 0 bridgehead atoms. The Morgan fingerprint density at radius 2 is 1.80 bits per heavy atom. The zero-order chi connectivity index (χ0) is 13.8. The van der Waals surface area contributed by atoms with Crippen molar-refractivity contribution in [3.05, 3.63) is 18.0 Å². The third kappa shape index (κ3) is 3.50. The highest BCUT2D eigenvalue weighted by atomic mass is 16.1. The van der Waals surface area contributed by atoms with Crippen molar-refractivity contribution in [1.29, 1.82) is 0 Å². The Labute approximate surface area is 121 Å². The van der Waals surface area contributed by atoms with Gasteiger partial charge in [-0.15, -0.1) is 0 Å². The molecular formula is C17H26N2O. The predicted molar refractivity (Wildman–Crippen MR) is 79.6 cm³/mol. The Balaban J connectivity index is 1.52. The van der Waals surface area contributed by atoms with Crippen molar-refractivity contribution in [3.8, 4) is 0 Å². The molecule has 0 unspecified atom stereocenters. The van der Waals surface area contributed by atoms with Crippen LogP contribution in [0.25, 0.3) is 0 Å². The summed E-state index contributed by atoms with van der Waals surface area (Å²) in [7, 11) is 0. The molecule has 3 heteroatoms. The molecule has 0 N–H and O–H groups in total. The van der Waals surface area contributed by atoms with Crippen LogP contribution in [0.5, 0.6) is 0 Å². The van der Waals surface area contributed by atoms with Crippen LogP contribution in [0.1, 0.15) is 75.9 Å². The summed E-state index contributed by atoms with van der Waals surface area (Å²) in [5, 5.41) is 4.64. The standard InChI is InChI=1S/C17H26N2O/c20-17(12-14-6-4-5-7-14)13-15-10-11-19(18-15)16-8-2-1-3-9-16/h10-11,14,16H,1-9,12-13H2. The molecule has 3 rings (SSSR count). The summed E-state index contributed by atoms with van der Waals surface area (Å²) in [6.07, 6.45) is 15.0. The molecule has 2 fully saturated rings. The van der Waals surface area contributed by atoms with Gasteiger partial charge in [0.25, 0.3) is 0 Å². The highest BCUT2D eigenvalue weighted by molar-refractivity contribution is 5.80. The first-order chi connectivity index (χ1) is 9.81. The molecule has 1 aromatic rings. The van der Waals surface area contributed by atoms with E-state index in [2.05, 4.69) is 16.0 Å². The van der Waals surface area contributed by atoms with Crippen LogP contribution in [0.2, 0.25) is 0 Å². The Morgan fingerprint density at radius 3 is 2.55 bits per heavy atom. The minimum Gasteiger partial charge on any atom is -0.299 e. The van der Waals surface area contributed by atoms with Gasteiger partial charge in [-0.1, -0.05) is 44.9 Å². The van der Waals surface area contributed by atoms with Crippen molar-refractivity contribution in [2.45, 2.75) is 76.7 Å². The Morgan fingerprint density at radius 1 is 1.10 bits per heavy atom. The van der Waals surface area contributed by atoms with Crippen molar-refractivity contribution in [2.75, 3.05) is 0 Å². The third-order valence-corrected chi connectivity index (χ3v) is 4.98. The van der Waals surface area contributed by atoms with Crippen LogP contribution < -0.4 is 0 Å². The van der Waals surface area contributed by atoms with Crippen molar-refractivity contribution in [3.63, 3.8) is 0 Å². The Hall–Kier alpha value is -1.12. The fourth-order valence-corrected chi connectivity index (χ4v) is 3.83. The van der Waals surface area contributed by atoms with Crippen molar-refractivity contribution >= 4 is 5.78 Å². The van der Waals surface area contributed by atoms with Crippen LogP contribution in [0.4, 0.5) is 0 Å². The van der Waals surface area contributed by atoms with Crippen molar-refractivity contribution in [1.82, 2.24) is 9.78 Å². The van der Waals surface area contributed by atoms with E-state index in [1.165, 1.54) is 57.8 Å². The smallest absolute Gasteiger partial charge is 0.139 e. The molecule has 20 heavy (non-hydrogen) atoms. The maximum atomic E-state index is 12.1. The summed E-state index contributed by atoms with van der Waals surface area (Å²) in [5.41, 5.74) is 0.971. The van der Waals surface area contributed by atoms with Crippen molar-refractivity contribution < 1.29 is 4.79 Å². The first-order valence-corrected chi connectivity index (χ1v) is 8.37. The Bertz CT molecular complexity index is 440. The normalized spacial score (nSPS) is 21.4.